The number of anilines is 1. The Morgan fingerprint density at radius 2 is 1.95 bits per heavy atom. The van der Waals surface area contributed by atoms with Crippen LogP contribution in [0.25, 0.3) is 0 Å². The van der Waals surface area contributed by atoms with Crippen LogP contribution in [0.4, 0.5) is 19.0 Å². The third-order valence-electron chi connectivity index (χ3n) is 6.58. The number of aromatic nitrogens is 1. The molecular formula is C25H23F3N7O3+. The van der Waals surface area contributed by atoms with Crippen LogP contribution >= 0.6 is 0 Å². The number of hydrogen-bond donors (Lipinski definition) is 3. The van der Waals surface area contributed by atoms with Gasteiger partial charge in [-0.1, -0.05) is 0 Å². The number of benzene rings is 1. The normalized spacial score (nSPS) is 22.8. The highest BCUT2D eigenvalue weighted by atomic mass is 19.4. The summed E-state index contributed by atoms with van der Waals surface area (Å²) in [7, 11) is 0. The van der Waals surface area contributed by atoms with E-state index >= 15 is 0 Å². The number of hydrogen-bond acceptors (Lipinski definition) is 7. The van der Waals surface area contributed by atoms with E-state index in [0.29, 0.717) is 48.8 Å². The number of halogens is 3. The number of amidine groups is 1. The number of nitrogens with two attached hydrogens (primary N) is 1. The number of allylic oxidation sites excluding steroid dienone is 1. The number of carboxylic acids is 1. The van der Waals surface area contributed by atoms with Gasteiger partial charge in [0.05, 0.1) is 29.5 Å². The molecule has 0 saturated carbocycles. The second-order valence-electron chi connectivity index (χ2n) is 9.08. The SMILES string of the molecule is N[N+]12C=CN=CC1=C(N1CCCC(C(=O)O)C1)N=C2c1ccc(C(=O)Nc2cc(C(F)(F)F)ccn2)cc1. The maximum Gasteiger partial charge on any atom is 0.416 e. The molecule has 2 aromatic rings. The Balaban J connectivity index is 1.39. The molecule has 2 atom stereocenters. The lowest BCUT2D eigenvalue weighted by Gasteiger charge is -2.32. The lowest BCUT2D eigenvalue weighted by atomic mass is 9.98. The summed E-state index contributed by atoms with van der Waals surface area (Å²) in [6, 6.07) is 7.87. The first-order valence-corrected chi connectivity index (χ1v) is 11.7. The van der Waals surface area contributed by atoms with Crippen LogP contribution in [-0.4, -0.2) is 56.6 Å². The lowest BCUT2D eigenvalue weighted by Crippen LogP contribution is -2.53. The van der Waals surface area contributed by atoms with Crippen LogP contribution in [0.3, 0.4) is 0 Å². The van der Waals surface area contributed by atoms with Crippen LogP contribution in [0.1, 0.15) is 34.3 Å². The molecule has 2 unspecified atom stereocenters. The van der Waals surface area contributed by atoms with Gasteiger partial charge in [0.1, 0.15) is 12.0 Å². The first kappa shape index (κ1) is 25.3. The van der Waals surface area contributed by atoms with Gasteiger partial charge in [0.2, 0.25) is 11.5 Å². The first-order valence-electron chi connectivity index (χ1n) is 11.7. The maximum atomic E-state index is 13.0. The van der Waals surface area contributed by atoms with Gasteiger partial charge >= 0.3 is 12.1 Å². The topological polar surface area (TPSA) is 133 Å². The summed E-state index contributed by atoms with van der Waals surface area (Å²) in [4.78, 5) is 38.9. The summed E-state index contributed by atoms with van der Waals surface area (Å²) in [5.41, 5.74) is 0.459. The third-order valence-corrected chi connectivity index (χ3v) is 6.58. The van der Waals surface area contributed by atoms with Crippen LogP contribution < -0.4 is 11.2 Å². The number of alkyl halides is 3. The van der Waals surface area contributed by atoms with Gasteiger partial charge in [-0.15, -0.1) is 4.59 Å². The predicted molar refractivity (Wildman–Crippen MR) is 131 cm³/mol. The smallest absolute Gasteiger partial charge is 0.416 e. The van der Waals surface area contributed by atoms with Gasteiger partial charge in [-0.25, -0.2) is 4.98 Å². The zero-order valence-corrected chi connectivity index (χ0v) is 19.9. The highest BCUT2D eigenvalue weighted by Gasteiger charge is 2.46. The molecular weight excluding hydrogens is 503 g/mol. The van der Waals surface area contributed by atoms with E-state index in [9.17, 15) is 27.9 Å². The predicted octanol–water partition coefficient (Wildman–Crippen LogP) is 3.32. The van der Waals surface area contributed by atoms with Crippen LogP contribution in [0, 0.1) is 5.92 Å². The number of pyridine rings is 1. The van der Waals surface area contributed by atoms with Crippen molar-refractivity contribution in [3.05, 3.63) is 83.2 Å². The number of carbonyl (C=O) groups is 2. The minimum Gasteiger partial charge on any atom is -0.481 e. The maximum absolute atomic E-state index is 13.0. The van der Waals surface area contributed by atoms with Crippen LogP contribution in [-0.2, 0) is 11.0 Å². The van der Waals surface area contributed by atoms with Crippen LogP contribution in [0.15, 0.2) is 76.5 Å². The van der Waals surface area contributed by atoms with E-state index in [1.165, 1.54) is 12.1 Å². The summed E-state index contributed by atoms with van der Waals surface area (Å²) in [5.74, 6) is 5.48. The van der Waals surface area contributed by atoms with Crippen molar-refractivity contribution in [2.45, 2.75) is 19.0 Å². The van der Waals surface area contributed by atoms with E-state index in [0.717, 1.165) is 18.3 Å². The second-order valence-corrected chi connectivity index (χ2v) is 9.08. The molecule has 1 aromatic carbocycles. The Labute approximate surface area is 214 Å². The van der Waals surface area contributed by atoms with Gasteiger partial charge < -0.3 is 15.3 Å². The first-order chi connectivity index (χ1) is 18.1. The number of piperidine rings is 1. The molecule has 1 aromatic heterocycles. The van der Waals surface area contributed by atoms with E-state index in [1.807, 2.05) is 4.90 Å². The van der Waals surface area contributed by atoms with Crippen molar-refractivity contribution >= 4 is 29.7 Å². The number of amides is 1. The number of aliphatic carboxylic acids is 1. The number of nitrogens with one attached hydrogen (secondary N) is 1. The monoisotopic (exact) mass is 526 g/mol. The summed E-state index contributed by atoms with van der Waals surface area (Å²) >= 11 is 0. The van der Waals surface area contributed by atoms with Gasteiger partial charge in [-0.05, 0) is 49.2 Å². The van der Waals surface area contributed by atoms with Crippen molar-refractivity contribution < 1.29 is 32.5 Å². The molecule has 5 rings (SSSR count). The van der Waals surface area contributed by atoms with Crippen LogP contribution in [0.2, 0.25) is 0 Å². The van der Waals surface area contributed by atoms with E-state index in [1.54, 1.807) is 30.7 Å². The largest absolute Gasteiger partial charge is 0.481 e. The lowest BCUT2D eigenvalue weighted by molar-refractivity contribution is -0.750. The molecule has 0 spiro atoms. The fraction of sp³-hybridized carbons (Fsp3) is 0.240. The average Bonchev–Trinajstić information content (AvgIpc) is 3.21. The minimum absolute atomic E-state index is 0.194. The quantitative estimate of drug-likeness (QED) is 0.404. The molecule has 4 N–H and O–H groups in total. The fourth-order valence-corrected chi connectivity index (χ4v) is 4.60. The fourth-order valence-electron chi connectivity index (χ4n) is 4.60. The van der Waals surface area contributed by atoms with Crippen molar-refractivity contribution in [1.29, 1.82) is 0 Å². The summed E-state index contributed by atoms with van der Waals surface area (Å²) < 4.78 is 38.6. The number of carboxylic acid groups (broad SMARTS) is 1. The number of carbonyl (C=O) groups excluding carboxylic acids is 1. The Bertz CT molecular complexity index is 1420. The van der Waals surface area contributed by atoms with Crippen molar-refractivity contribution in [3.8, 4) is 0 Å². The molecule has 1 saturated heterocycles. The number of quaternary nitrogens is 1. The molecule has 3 aliphatic heterocycles. The van der Waals surface area contributed by atoms with Crippen molar-refractivity contribution in [2.24, 2.45) is 21.7 Å². The molecule has 0 radical (unpaired) electrons. The standard InChI is InChI=1S/C25H22F3N7O3/c26-25(27,28)18-7-8-31-20(12-18)32-23(36)16-5-3-15(4-6-16)22-33-21(19-13-30-9-11-35(19,22)29)34-10-1-2-17(14-34)24(37)38/h3-9,11-13,17H,1-2,10,14,29H2,(H-,31,32,36,37,38)/p+1. The summed E-state index contributed by atoms with van der Waals surface area (Å²) in [6.07, 6.45) is 2.49. The van der Waals surface area contributed by atoms with Crippen molar-refractivity contribution in [1.82, 2.24) is 9.88 Å². The average molecular weight is 526 g/mol. The Morgan fingerprint density at radius 3 is 2.66 bits per heavy atom. The van der Waals surface area contributed by atoms with Gasteiger partial charge in [0.25, 0.3) is 11.7 Å². The zero-order valence-electron chi connectivity index (χ0n) is 19.9. The number of nitrogens with zero attached hydrogens (tertiary/aromatic N) is 5. The Hall–Kier alpha value is -4.36. The number of likely N-dealkylation sites (tertiary alicyclic amines) is 1. The molecule has 13 heteroatoms. The molecule has 0 bridgehead atoms. The molecule has 196 valence electrons. The van der Waals surface area contributed by atoms with Crippen molar-refractivity contribution in [3.63, 3.8) is 0 Å². The van der Waals surface area contributed by atoms with Gasteiger partial charge in [0, 0.05) is 24.8 Å². The number of aliphatic imine (C=N–C) groups is 2. The number of fused-ring (bicyclic) bond motifs is 1. The van der Waals surface area contributed by atoms with E-state index in [4.69, 9.17) is 10.8 Å². The Kier molecular flexibility index (Phi) is 6.33. The number of rotatable bonds is 5. The van der Waals surface area contributed by atoms with Gasteiger partial charge in [0.15, 0.2) is 0 Å². The zero-order chi connectivity index (χ0) is 27.1. The molecule has 4 heterocycles. The summed E-state index contributed by atoms with van der Waals surface area (Å²) in [5, 5.41) is 11.9. The molecule has 10 nitrogen and oxygen atoms in total. The molecule has 0 aliphatic carbocycles. The summed E-state index contributed by atoms with van der Waals surface area (Å²) in [6.45, 7) is 0.921. The highest BCUT2D eigenvalue weighted by molar-refractivity contribution is 6.05. The molecule has 3 aliphatic rings. The molecule has 1 amide bonds. The highest BCUT2D eigenvalue weighted by Crippen LogP contribution is 2.35. The Morgan fingerprint density at radius 1 is 1.18 bits per heavy atom. The van der Waals surface area contributed by atoms with Crippen molar-refractivity contribution in [2.75, 3.05) is 18.4 Å². The second kappa shape index (κ2) is 9.50. The molecule has 1 fully saturated rings. The molecule has 38 heavy (non-hydrogen) atoms. The van der Waals surface area contributed by atoms with Gasteiger partial charge in [-0.2, -0.15) is 24.0 Å². The van der Waals surface area contributed by atoms with E-state index < -0.39 is 29.5 Å². The van der Waals surface area contributed by atoms with E-state index in [-0.39, 0.29) is 16.0 Å². The van der Waals surface area contributed by atoms with Crippen LogP contribution in [0.5, 0.6) is 0 Å². The van der Waals surface area contributed by atoms with Gasteiger partial charge in [-0.3, -0.25) is 14.6 Å². The van der Waals surface area contributed by atoms with E-state index in [2.05, 4.69) is 15.3 Å². The minimum atomic E-state index is -4.56. The third kappa shape index (κ3) is 4.68.